The van der Waals surface area contributed by atoms with Gasteiger partial charge in [-0.2, -0.15) is 13.2 Å². The topological polar surface area (TPSA) is 57.2 Å². The van der Waals surface area contributed by atoms with Crippen molar-refractivity contribution in [2.24, 2.45) is 5.92 Å². The average molecular weight is 500 g/mol. The number of fused-ring (bicyclic) bond motifs is 3. The quantitative estimate of drug-likeness (QED) is 0.269. The van der Waals surface area contributed by atoms with Crippen molar-refractivity contribution in [1.29, 1.82) is 0 Å². The Morgan fingerprint density at radius 1 is 1.21 bits per heavy atom. The van der Waals surface area contributed by atoms with Crippen molar-refractivity contribution >= 4 is 36.6 Å². The van der Waals surface area contributed by atoms with E-state index in [1.54, 1.807) is 6.20 Å². The van der Waals surface area contributed by atoms with Crippen LogP contribution in [0.25, 0.3) is 16.8 Å². The number of thioether (sulfide) groups is 1. The minimum atomic E-state index is -4.14. The third kappa shape index (κ3) is 5.74. The highest BCUT2D eigenvalue weighted by molar-refractivity contribution is 7.99. The molecule has 0 saturated heterocycles. The molecule has 0 N–H and O–H groups in total. The average Bonchev–Trinajstić information content (AvgIpc) is 3.43. The third-order valence-corrected chi connectivity index (χ3v) is 9.44. The zero-order chi connectivity index (χ0) is 23.8. The Morgan fingerprint density at radius 3 is 2.70 bits per heavy atom. The molecule has 0 amide bonds. The van der Waals surface area contributed by atoms with Gasteiger partial charge in [0.2, 0.25) is 0 Å². The lowest BCUT2D eigenvalue weighted by Crippen LogP contribution is -2.22. The number of aromatic nitrogens is 5. The van der Waals surface area contributed by atoms with E-state index in [1.807, 2.05) is 21.2 Å². The highest BCUT2D eigenvalue weighted by Gasteiger charge is 2.39. The van der Waals surface area contributed by atoms with Gasteiger partial charge in [0.05, 0.1) is 17.5 Å². The molecule has 4 rings (SSSR count). The van der Waals surface area contributed by atoms with Gasteiger partial charge in [-0.1, -0.05) is 33.0 Å². The van der Waals surface area contributed by atoms with E-state index in [4.69, 9.17) is 4.74 Å². The molecular weight excluding hydrogens is 467 g/mol. The Bertz CT molecular complexity index is 1090. The van der Waals surface area contributed by atoms with Crippen molar-refractivity contribution in [3.63, 3.8) is 0 Å². The second-order valence-corrected chi connectivity index (χ2v) is 17.1. The van der Waals surface area contributed by atoms with Crippen molar-refractivity contribution in [3.05, 3.63) is 24.3 Å². The van der Waals surface area contributed by atoms with Crippen molar-refractivity contribution < 1.29 is 17.9 Å². The Morgan fingerprint density at radius 2 is 2.00 bits per heavy atom. The highest BCUT2D eigenvalue weighted by atomic mass is 32.2. The Hall–Kier alpha value is -1.59. The normalized spacial score (nSPS) is 22.1. The minimum absolute atomic E-state index is 0.0179. The number of nitrogens with zero attached hydrogens (tertiary/aromatic N) is 5. The molecule has 0 radical (unpaired) electrons. The number of alkyl halides is 3. The molecule has 3 heterocycles. The van der Waals surface area contributed by atoms with Crippen molar-refractivity contribution in [2.75, 3.05) is 12.4 Å². The molecule has 1 fully saturated rings. The van der Waals surface area contributed by atoms with Gasteiger partial charge < -0.3 is 9.30 Å². The first kappa shape index (κ1) is 24.5. The SMILES string of the molecule is CCC1CC(SCC(F)(F)F)CC1c1nnc2cnc3c(ccn3COCC[Si](C)(C)C)n12. The predicted octanol–water partition coefficient (Wildman–Crippen LogP) is 5.96. The van der Waals surface area contributed by atoms with Crippen LogP contribution < -0.4 is 0 Å². The van der Waals surface area contributed by atoms with E-state index in [1.165, 1.54) is 0 Å². The van der Waals surface area contributed by atoms with Crippen molar-refractivity contribution in [2.45, 2.75) is 75.9 Å². The molecule has 3 aromatic rings. The molecule has 33 heavy (non-hydrogen) atoms. The van der Waals surface area contributed by atoms with Crippen LogP contribution in [0.15, 0.2) is 18.5 Å². The number of hydrogen-bond acceptors (Lipinski definition) is 5. The van der Waals surface area contributed by atoms with Gasteiger partial charge in [0.25, 0.3) is 0 Å². The first-order valence-electron chi connectivity index (χ1n) is 11.5. The Balaban J connectivity index is 1.56. The van der Waals surface area contributed by atoms with Crippen LogP contribution in [-0.2, 0) is 11.5 Å². The van der Waals surface area contributed by atoms with Gasteiger partial charge in [0.1, 0.15) is 12.6 Å². The first-order chi connectivity index (χ1) is 15.6. The summed E-state index contributed by atoms with van der Waals surface area (Å²) in [6.45, 7) is 10.2. The Labute approximate surface area is 197 Å². The molecule has 1 saturated carbocycles. The number of rotatable bonds is 9. The van der Waals surface area contributed by atoms with E-state index in [0.29, 0.717) is 24.7 Å². The van der Waals surface area contributed by atoms with E-state index in [2.05, 4.69) is 41.7 Å². The summed E-state index contributed by atoms with van der Waals surface area (Å²) in [5, 5.41) is 8.80. The second-order valence-electron chi connectivity index (χ2n) is 10.1. The van der Waals surface area contributed by atoms with Gasteiger partial charge in [-0.3, -0.25) is 4.40 Å². The molecule has 0 aliphatic heterocycles. The molecule has 0 spiro atoms. The molecule has 0 aromatic carbocycles. The van der Waals surface area contributed by atoms with Gasteiger partial charge in [0, 0.05) is 32.0 Å². The first-order valence-corrected chi connectivity index (χ1v) is 16.3. The zero-order valence-electron chi connectivity index (χ0n) is 19.6. The van der Waals surface area contributed by atoms with Crippen LogP contribution in [0, 0.1) is 5.92 Å². The largest absolute Gasteiger partial charge is 0.397 e. The van der Waals surface area contributed by atoms with Crippen LogP contribution in [0.4, 0.5) is 13.2 Å². The van der Waals surface area contributed by atoms with Gasteiger partial charge in [-0.15, -0.1) is 22.0 Å². The van der Waals surface area contributed by atoms with Gasteiger partial charge in [0.15, 0.2) is 11.3 Å². The van der Waals surface area contributed by atoms with Gasteiger partial charge in [-0.05, 0) is 30.9 Å². The lowest BCUT2D eigenvalue weighted by molar-refractivity contribution is -0.105. The van der Waals surface area contributed by atoms with E-state index in [-0.39, 0.29) is 11.2 Å². The Kier molecular flexibility index (Phi) is 7.12. The van der Waals surface area contributed by atoms with E-state index in [0.717, 1.165) is 54.2 Å². The molecule has 6 nitrogen and oxygen atoms in total. The summed E-state index contributed by atoms with van der Waals surface area (Å²) < 4.78 is 48.2. The van der Waals surface area contributed by atoms with Crippen LogP contribution in [0.3, 0.4) is 0 Å². The fourth-order valence-electron chi connectivity index (χ4n) is 4.60. The number of halogens is 3. The molecule has 11 heteroatoms. The number of ether oxygens (including phenoxy) is 1. The van der Waals surface area contributed by atoms with Gasteiger partial charge in [-0.25, -0.2) is 4.98 Å². The number of hydrogen-bond donors (Lipinski definition) is 0. The zero-order valence-corrected chi connectivity index (χ0v) is 21.4. The summed E-state index contributed by atoms with van der Waals surface area (Å²) in [4.78, 5) is 4.59. The summed E-state index contributed by atoms with van der Waals surface area (Å²) >= 11 is 1.02. The molecule has 0 bridgehead atoms. The van der Waals surface area contributed by atoms with Gasteiger partial charge >= 0.3 is 6.18 Å². The molecule has 3 unspecified atom stereocenters. The molecule has 3 atom stereocenters. The van der Waals surface area contributed by atoms with Crippen LogP contribution in [0.5, 0.6) is 0 Å². The lowest BCUT2D eigenvalue weighted by atomic mass is 9.93. The molecule has 182 valence electrons. The fraction of sp³-hybridized carbons (Fsp3) is 0.682. The van der Waals surface area contributed by atoms with E-state index in [9.17, 15) is 13.2 Å². The highest BCUT2D eigenvalue weighted by Crippen LogP contribution is 2.46. The minimum Gasteiger partial charge on any atom is -0.361 e. The van der Waals surface area contributed by atoms with Crippen molar-refractivity contribution in [1.82, 2.24) is 24.1 Å². The van der Waals surface area contributed by atoms with Crippen LogP contribution in [0.1, 0.15) is 37.9 Å². The molecule has 1 aliphatic carbocycles. The maximum absolute atomic E-state index is 12.7. The molecule has 3 aromatic heterocycles. The van der Waals surface area contributed by atoms with Crippen LogP contribution in [-0.4, -0.2) is 56.0 Å². The van der Waals surface area contributed by atoms with Crippen LogP contribution >= 0.6 is 11.8 Å². The van der Waals surface area contributed by atoms with Crippen LogP contribution in [0.2, 0.25) is 25.7 Å². The van der Waals surface area contributed by atoms with E-state index >= 15 is 0 Å². The standard InChI is InChI=1S/C22H32F3N5OSSi/c1-5-15-10-16(32-13-22(23,24)25)11-17(15)20-28-27-19-12-26-21-18(30(19)20)6-7-29(21)14-31-8-9-33(2,3)4/h6-7,12,15-17H,5,8-11,13-14H2,1-4H3. The summed E-state index contributed by atoms with van der Waals surface area (Å²) in [6.07, 6.45) is 1.90. The molecule has 1 aliphatic rings. The maximum atomic E-state index is 12.7. The summed E-state index contributed by atoms with van der Waals surface area (Å²) in [6, 6.07) is 3.10. The third-order valence-electron chi connectivity index (χ3n) is 6.39. The lowest BCUT2D eigenvalue weighted by Gasteiger charge is -2.16. The molecular formula is C22H32F3N5OSSi. The monoisotopic (exact) mass is 499 g/mol. The van der Waals surface area contributed by atoms with E-state index < -0.39 is 20.0 Å². The fourth-order valence-corrected chi connectivity index (χ4v) is 6.51. The summed E-state index contributed by atoms with van der Waals surface area (Å²) in [5.41, 5.74) is 2.37. The van der Waals surface area contributed by atoms with Crippen molar-refractivity contribution in [3.8, 4) is 0 Å². The summed E-state index contributed by atoms with van der Waals surface area (Å²) in [5.74, 6) is 0.406. The second kappa shape index (κ2) is 9.57. The predicted molar refractivity (Wildman–Crippen MR) is 128 cm³/mol. The summed E-state index contributed by atoms with van der Waals surface area (Å²) in [7, 11) is -1.15. The maximum Gasteiger partial charge on any atom is 0.397 e. The smallest absolute Gasteiger partial charge is 0.361 e.